The first-order valence-corrected chi connectivity index (χ1v) is 4.95. The minimum absolute atomic E-state index is 0.113. The van der Waals surface area contributed by atoms with E-state index in [4.69, 9.17) is 58.0 Å². The molecule has 1 rings (SSSR count). The molecule has 7 nitrogen and oxygen atoms in total. The van der Waals surface area contributed by atoms with Gasteiger partial charge in [-0.2, -0.15) is 0 Å². The molecule has 1 heterocycles. The number of nitrogens with zero attached hydrogens (tertiary/aromatic N) is 5. The van der Waals surface area contributed by atoms with Crippen molar-refractivity contribution in [3.63, 3.8) is 0 Å². The van der Waals surface area contributed by atoms with Gasteiger partial charge >= 0.3 is 0 Å². The molecule has 0 atom stereocenters. The Morgan fingerprint density at radius 3 is 2.20 bits per heavy atom. The molecule has 84 valence electrons. The van der Waals surface area contributed by atoms with Crippen LogP contribution < -0.4 is 0 Å². The van der Waals surface area contributed by atoms with Crippen molar-refractivity contribution in [2.75, 3.05) is 0 Å². The Bertz CT molecular complexity index is 384. The van der Waals surface area contributed by atoms with Crippen LogP contribution in [0.2, 0.25) is 0 Å². The van der Waals surface area contributed by atoms with E-state index in [9.17, 15) is 10.1 Å². The molecule has 0 radical (unpaired) electrons. The summed E-state index contributed by atoms with van der Waals surface area (Å²) in [6, 6.07) is 0. The Balaban J connectivity index is 3.27. The van der Waals surface area contributed by atoms with Crippen molar-refractivity contribution in [3.8, 4) is 0 Å². The van der Waals surface area contributed by atoms with Gasteiger partial charge in [0.25, 0.3) is 5.82 Å². The molecule has 0 bridgehead atoms. The van der Waals surface area contributed by atoms with Crippen LogP contribution in [-0.2, 0) is 4.33 Å². The average molecular weight is 315 g/mol. The van der Waals surface area contributed by atoms with Gasteiger partial charge in [0.2, 0.25) is 13.3 Å². The number of hydrogen-bond acceptors (Lipinski definition) is 5. The van der Waals surface area contributed by atoms with Crippen LogP contribution in [0.25, 0.3) is 0 Å². The van der Waals surface area contributed by atoms with E-state index in [2.05, 4.69) is 15.5 Å². The topological polar surface area (TPSA) is 86.7 Å². The summed E-state index contributed by atoms with van der Waals surface area (Å²) in [7, 11) is 0. The lowest BCUT2D eigenvalue weighted by Crippen LogP contribution is -2.33. The minimum Gasteiger partial charge on any atom is -0.339 e. The predicted molar refractivity (Wildman–Crippen MR) is 53.9 cm³/mol. The van der Waals surface area contributed by atoms with E-state index in [1.54, 1.807) is 0 Å². The van der Waals surface area contributed by atoms with Crippen molar-refractivity contribution in [1.29, 1.82) is 0 Å². The van der Waals surface area contributed by atoms with Crippen LogP contribution in [0.5, 0.6) is 0 Å². The van der Waals surface area contributed by atoms with Gasteiger partial charge in [0.15, 0.2) is 0 Å². The maximum Gasteiger partial charge on any atom is 0.266 e. The predicted octanol–water partition coefficient (Wildman–Crippen LogP) is 1.71. The largest absolute Gasteiger partial charge is 0.339 e. The van der Waals surface area contributed by atoms with Gasteiger partial charge in [-0.1, -0.05) is 63.1 Å². The van der Waals surface area contributed by atoms with E-state index in [1.165, 1.54) is 0 Å². The van der Waals surface area contributed by atoms with E-state index in [0.717, 1.165) is 0 Å². The minimum atomic E-state index is -2.24. The third kappa shape index (κ3) is 2.36. The molecule has 0 fully saturated rings. The third-order valence-corrected chi connectivity index (χ3v) is 3.58. The molecule has 0 aliphatic heterocycles. The molecule has 0 aliphatic rings. The zero-order valence-electron chi connectivity index (χ0n) is 6.44. The summed E-state index contributed by atoms with van der Waals surface area (Å²) in [6.07, 6.45) is 0. The summed E-state index contributed by atoms with van der Waals surface area (Å²) in [4.78, 5) is 10.5. The summed E-state index contributed by atoms with van der Waals surface area (Å²) >= 11 is 27.5. The highest BCUT2D eigenvalue weighted by atomic mass is 35.6. The first kappa shape index (κ1) is 13.0. The second-order valence-corrected chi connectivity index (χ2v) is 5.81. The van der Waals surface area contributed by atoms with Gasteiger partial charge in [0.05, 0.1) is 9.82 Å². The molecule has 0 N–H and O–H groups in total. The molecule has 12 heteroatoms. The van der Waals surface area contributed by atoms with E-state index in [-0.39, 0.29) is 4.79 Å². The molecule has 0 spiro atoms. The smallest absolute Gasteiger partial charge is 0.266 e. The number of alkyl halides is 5. The summed E-state index contributed by atoms with van der Waals surface area (Å²) in [5.41, 5.74) is 0. The second-order valence-electron chi connectivity index (χ2n) is 2.20. The van der Waals surface area contributed by atoms with Crippen molar-refractivity contribution >= 4 is 58.0 Å². The van der Waals surface area contributed by atoms with Crippen molar-refractivity contribution in [3.05, 3.63) is 15.9 Å². The molecule has 0 aliphatic carbocycles. The standard InChI is InChI=1S/C3Cl5N5O2/c4-2(5,3(6,7)8)1-9-10-11-12(1)13(14)15. The quantitative estimate of drug-likeness (QED) is 0.471. The normalized spacial score (nSPS) is 12.9. The zero-order valence-corrected chi connectivity index (χ0v) is 10.2. The Morgan fingerprint density at radius 2 is 1.80 bits per heavy atom. The molecule has 0 saturated carbocycles. The second kappa shape index (κ2) is 4.06. The molecule has 1 aromatic heterocycles. The van der Waals surface area contributed by atoms with Crippen molar-refractivity contribution in [2.45, 2.75) is 8.13 Å². The molecular weight excluding hydrogens is 315 g/mol. The van der Waals surface area contributed by atoms with E-state index in [1.807, 2.05) is 0 Å². The first-order valence-electron chi connectivity index (χ1n) is 3.06. The lowest BCUT2D eigenvalue weighted by Gasteiger charge is -2.23. The first-order chi connectivity index (χ1) is 6.68. The fourth-order valence-electron chi connectivity index (χ4n) is 0.608. The summed E-state index contributed by atoms with van der Waals surface area (Å²) < 4.78 is -4.47. The van der Waals surface area contributed by atoms with Crippen LogP contribution in [0, 0.1) is 10.1 Å². The number of tetrazole rings is 1. The lowest BCUT2D eigenvalue weighted by molar-refractivity contribution is -0.555. The van der Waals surface area contributed by atoms with Gasteiger partial charge in [-0.15, -0.1) is 0 Å². The fourth-order valence-corrected chi connectivity index (χ4v) is 1.09. The van der Waals surface area contributed by atoms with Crippen molar-refractivity contribution in [1.82, 2.24) is 20.3 Å². The number of rotatable bonds is 2. The molecule has 0 unspecified atom stereocenters. The number of nitro groups is 1. The van der Waals surface area contributed by atoms with Crippen LogP contribution in [0.1, 0.15) is 5.82 Å². The van der Waals surface area contributed by atoms with Gasteiger partial charge in [0, 0.05) is 0 Å². The van der Waals surface area contributed by atoms with E-state index in [0.29, 0.717) is 0 Å². The Morgan fingerprint density at radius 1 is 1.27 bits per heavy atom. The van der Waals surface area contributed by atoms with E-state index < -0.39 is 19.0 Å². The highest BCUT2D eigenvalue weighted by Crippen LogP contribution is 2.51. The molecule has 0 saturated heterocycles. The van der Waals surface area contributed by atoms with Gasteiger partial charge in [-0.3, -0.25) is 0 Å². The highest BCUT2D eigenvalue weighted by Gasteiger charge is 2.53. The fraction of sp³-hybridized carbons (Fsp3) is 0.667. The average Bonchev–Trinajstić information content (AvgIpc) is 2.48. The molecule has 1 aromatic rings. The van der Waals surface area contributed by atoms with E-state index >= 15 is 0 Å². The Hall–Kier alpha value is -0.0800. The monoisotopic (exact) mass is 313 g/mol. The summed E-state index contributed by atoms with van der Waals surface area (Å²) in [6.45, 7) is 0. The number of aromatic nitrogens is 4. The molecule has 0 aromatic carbocycles. The maximum absolute atomic E-state index is 10.4. The number of halogens is 5. The van der Waals surface area contributed by atoms with Crippen LogP contribution in [0.3, 0.4) is 0 Å². The van der Waals surface area contributed by atoms with Gasteiger partial charge < -0.3 is 10.1 Å². The SMILES string of the molecule is O=[N+]([O-])n1nnnc1C(Cl)(Cl)C(Cl)(Cl)Cl. The van der Waals surface area contributed by atoms with Gasteiger partial charge in [0.1, 0.15) is 5.21 Å². The lowest BCUT2D eigenvalue weighted by atomic mass is 10.4. The van der Waals surface area contributed by atoms with Crippen LogP contribution in [-0.4, -0.2) is 29.1 Å². The maximum atomic E-state index is 10.4. The van der Waals surface area contributed by atoms with Crippen LogP contribution >= 0.6 is 58.0 Å². The van der Waals surface area contributed by atoms with Crippen LogP contribution in [0.4, 0.5) is 0 Å². The Labute approximate surface area is 107 Å². The van der Waals surface area contributed by atoms with Crippen LogP contribution in [0.15, 0.2) is 0 Å². The molecule has 15 heavy (non-hydrogen) atoms. The highest BCUT2D eigenvalue weighted by molar-refractivity contribution is 6.75. The van der Waals surface area contributed by atoms with Crippen molar-refractivity contribution in [2.24, 2.45) is 0 Å². The number of hydrogen-bond donors (Lipinski definition) is 0. The van der Waals surface area contributed by atoms with Gasteiger partial charge in [-0.05, 0) is 0 Å². The third-order valence-electron chi connectivity index (χ3n) is 1.25. The summed E-state index contributed by atoms with van der Waals surface area (Å²) in [5, 5.41) is 18.7. The van der Waals surface area contributed by atoms with Gasteiger partial charge in [-0.25, -0.2) is 0 Å². The zero-order chi connectivity index (χ0) is 11.9. The Kier molecular flexibility index (Phi) is 3.52. The molecular formula is C3Cl5N5O2. The van der Waals surface area contributed by atoms with Crippen molar-refractivity contribution < 1.29 is 5.03 Å². The molecule has 0 amide bonds. The summed E-state index contributed by atoms with van der Waals surface area (Å²) in [5.74, 6) is -0.601.